The molecule has 1 N–H and O–H groups in total. The Kier molecular flexibility index (Phi) is 4.30. The van der Waals surface area contributed by atoms with Crippen molar-refractivity contribution in [2.45, 2.75) is 32.5 Å². The molecule has 1 aromatic heterocycles. The second-order valence-corrected chi connectivity index (χ2v) is 7.18. The third kappa shape index (κ3) is 3.46. The van der Waals surface area contributed by atoms with Gasteiger partial charge in [-0.1, -0.05) is 50.2 Å². The summed E-state index contributed by atoms with van der Waals surface area (Å²) in [5.41, 5.74) is 1.74. The number of rotatable bonds is 4. The fraction of sp³-hybridized carbons (Fsp3) is 0.429. The van der Waals surface area contributed by atoms with Gasteiger partial charge in [-0.2, -0.15) is 0 Å². The number of thioether (sulfide) groups is 1. The van der Waals surface area contributed by atoms with Gasteiger partial charge in [-0.3, -0.25) is 4.79 Å². The van der Waals surface area contributed by atoms with E-state index < -0.39 is 5.97 Å². The van der Waals surface area contributed by atoms with E-state index in [0.29, 0.717) is 10.2 Å². The molecule has 2 rings (SSSR count). The van der Waals surface area contributed by atoms with Gasteiger partial charge in [0.2, 0.25) is 0 Å². The van der Waals surface area contributed by atoms with E-state index in [4.69, 9.17) is 16.7 Å². The van der Waals surface area contributed by atoms with E-state index >= 15 is 0 Å². The lowest BCUT2D eigenvalue weighted by atomic mass is 9.97. The monoisotopic (exact) mass is 312 g/mol. The largest absolute Gasteiger partial charge is 0.481 e. The predicted molar refractivity (Wildman–Crippen MR) is 82.6 cm³/mol. The summed E-state index contributed by atoms with van der Waals surface area (Å²) < 4.78 is 2.05. The lowest BCUT2D eigenvalue weighted by molar-refractivity contribution is -0.133. The Balaban J connectivity index is 2.50. The molecule has 2 aromatic rings. The maximum absolute atomic E-state index is 10.8. The molecule has 0 bridgehead atoms. The molecule has 0 amide bonds. The van der Waals surface area contributed by atoms with Crippen LogP contribution in [0.15, 0.2) is 23.4 Å². The second kappa shape index (κ2) is 5.66. The fourth-order valence-electron chi connectivity index (χ4n) is 1.96. The molecule has 0 aliphatic carbocycles. The van der Waals surface area contributed by atoms with Crippen LogP contribution in [0.1, 0.15) is 20.8 Å². The fourth-order valence-corrected chi connectivity index (χ4v) is 2.89. The number of carboxylic acids is 1. The van der Waals surface area contributed by atoms with Crippen LogP contribution in [-0.2, 0) is 11.3 Å². The predicted octanol–water partition coefficient (Wildman–Crippen LogP) is 3.91. The first kappa shape index (κ1) is 15.2. The summed E-state index contributed by atoms with van der Waals surface area (Å²) >= 11 is 7.40. The highest BCUT2D eigenvalue weighted by molar-refractivity contribution is 7.99. The molecule has 0 radical (unpaired) electrons. The zero-order valence-electron chi connectivity index (χ0n) is 11.7. The van der Waals surface area contributed by atoms with Crippen molar-refractivity contribution in [1.82, 2.24) is 9.55 Å². The third-order valence-electron chi connectivity index (χ3n) is 2.65. The molecule has 0 saturated carbocycles. The zero-order valence-corrected chi connectivity index (χ0v) is 13.3. The van der Waals surface area contributed by atoms with Crippen molar-refractivity contribution in [3.8, 4) is 0 Å². The number of halogens is 1. The lowest BCUT2D eigenvalue weighted by Crippen LogP contribution is -2.16. The molecule has 20 heavy (non-hydrogen) atoms. The zero-order chi connectivity index (χ0) is 14.9. The molecular formula is C14H17ClN2O2S. The average molecular weight is 313 g/mol. The topological polar surface area (TPSA) is 55.1 Å². The second-order valence-electron chi connectivity index (χ2n) is 5.83. The van der Waals surface area contributed by atoms with Crippen LogP contribution in [-0.4, -0.2) is 26.4 Å². The Morgan fingerprint density at radius 2 is 2.15 bits per heavy atom. The first-order valence-electron chi connectivity index (χ1n) is 6.27. The molecule has 0 aliphatic heterocycles. The number of nitrogens with zero attached hydrogens (tertiary/aromatic N) is 2. The van der Waals surface area contributed by atoms with Gasteiger partial charge < -0.3 is 9.67 Å². The van der Waals surface area contributed by atoms with Gasteiger partial charge in [0.1, 0.15) is 5.52 Å². The molecule has 4 nitrogen and oxygen atoms in total. The summed E-state index contributed by atoms with van der Waals surface area (Å²) in [6.07, 6.45) is 0. The maximum atomic E-state index is 10.8. The normalized spacial score (nSPS) is 12.0. The molecule has 0 atom stereocenters. The number of aliphatic carboxylic acids is 1. The molecule has 0 unspecified atom stereocenters. The van der Waals surface area contributed by atoms with Gasteiger partial charge in [0.05, 0.1) is 16.3 Å². The number of hydrogen-bond donors (Lipinski definition) is 1. The Labute approximate surface area is 127 Å². The Hall–Kier alpha value is -1.20. The van der Waals surface area contributed by atoms with Crippen LogP contribution in [0.2, 0.25) is 5.02 Å². The Bertz CT molecular complexity index is 646. The number of para-hydroxylation sites is 1. The molecule has 108 valence electrons. The molecule has 1 heterocycles. The van der Waals surface area contributed by atoms with E-state index in [1.807, 2.05) is 12.1 Å². The van der Waals surface area contributed by atoms with Crippen LogP contribution in [0.4, 0.5) is 0 Å². The van der Waals surface area contributed by atoms with Crippen LogP contribution < -0.4 is 0 Å². The van der Waals surface area contributed by atoms with Crippen molar-refractivity contribution in [1.29, 1.82) is 0 Å². The lowest BCUT2D eigenvalue weighted by Gasteiger charge is -2.20. The number of hydrogen-bond acceptors (Lipinski definition) is 3. The minimum atomic E-state index is -0.851. The highest BCUT2D eigenvalue weighted by Crippen LogP contribution is 2.31. The molecule has 0 saturated heterocycles. The van der Waals surface area contributed by atoms with Crippen molar-refractivity contribution >= 4 is 40.4 Å². The van der Waals surface area contributed by atoms with Gasteiger partial charge in [-0.25, -0.2) is 4.98 Å². The maximum Gasteiger partial charge on any atom is 0.313 e. The Morgan fingerprint density at radius 3 is 2.75 bits per heavy atom. The van der Waals surface area contributed by atoms with Crippen molar-refractivity contribution in [3.05, 3.63) is 23.2 Å². The van der Waals surface area contributed by atoms with E-state index in [9.17, 15) is 4.79 Å². The van der Waals surface area contributed by atoms with Crippen LogP contribution in [0.3, 0.4) is 0 Å². The highest BCUT2D eigenvalue weighted by atomic mass is 35.5. The summed E-state index contributed by atoms with van der Waals surface area (Å²) in [6.45, 7) is 7.16. The van der Waals surface area contributed by atoms with Crippen molar-refractivity contribution in [2.24, 2.45) is 5.41 Å². The van der Waals surface area contributed by atoms with Gasteiger partial charge in [0, 0.05) is 6.54 Å². The molecule has 0 aliphatic rings. The highest BCUT2D eigenvalue weighted by Gasteiger charge is 2.19. The third-order valence-corrected chi connectivity index (χ3v) is 3.92. The standard InChI is InChI=1S/C14H17ClN2O2S/c1-14(2,3)8-17-10-6-4-5-9(15)12(10)16-13(17)20-7-11(18)19/h4-6H,7-8H2,1-3H3,(H,18,19). The average Bonchev–Trinajstić information content (AvgIpc) is 2.65. The van der Waals surface area contributed by atoms with E-state index in [1.54, 1.807) is 6.07 Å². The number of aromatic nitrogens is 2. The Morgan fingerprint density at radius 1 is 1.45 bits per heavy atom. The van der Waals surface area contributed by atoms with Crippen LogP contribution in [0.25, 0.3) is 11.0 Å². The van der Waals surface area contributed by atoms with Crippen LogP contribution in [0.5, 0.6) is 0 Å². The molecule has 0 spiro atoms. The number of benzene rings is 1. The number of carbonyl (C=O) groups is 1. The quantitative estimate of drug-likeness (QED) is 0.870. The summed E-state index contributed by atoms with van der Waals surface area (Å²) in [5, 5.41) is 10.1. The first-order chi connectivity index (χ1) is 9.28. The SMILES string of the molecule is CC(C)(C)Cn1c(SCC(=O)O)nc2c(Cl)cccc21. The minimum Gasteiger partial charge on any atom is -0.481 e. The van der Waals surface area contributed by atoms with Crippen molar-refractivity contribution in [2.75, 3.05) is 5.75 Å². The van der Waals surface area contributed by atoms with Crippen molar-refractivity contribution in [3.63, 3.8) is 0 Å². The number of carboxylic acid groups (broad SMARTS) is 1. The van der Waals surface area contributed by atoms with Gasteiger partial charge in [0.15, 0.2) is 5.16 Å². The summed E-state index contributed by atoms with van der Waals surface area (Å²) in [6, 6.07) is 5.64. The minimum absolute atomic E-state index is 0.00885. The molecule has 6 heteroatoms. The first-order valence-corrected chi connectivity index (χ1v) is 7.63. The van der Waals surface area contributed by atoms with Gasteiger partial charge in [0.25, 0.3) is 0 Å². The molecular weight excluding hydrogens is 296 g/mol. The van der Waals surface area contributed by atoms with Crippen molar-refractivity contribution < 1.29 is 9.90 Å². The number of fused-ring (bicyclic) bond motifs is 1. The summed E-state index contributed by atoms with van der Waals surface area (Å²) in [5.74, 6) is -0.860. The summed E-state index contributed by atoms with van der Waals surface area (Å²) in [7, 11) is 0. The summed E-state index contributed by atoms with van der Waals surface area (Å²) in [4.78, 5) is 15.3. The van der Waals surface area contributed by atoms with E-state index in [-0.39, 0.29) is 11.2 Å². The van der Waals surface area contributed by atoms with Crippen LogP contribution in [0, 0.1) is 5.41 Å². The van der Waals surface area contributed by atoms with E-state index in [1.165, 1.54) is 11.8 Å². The van der Waals surface area contributed by atoms with Crippen LogP contribution >= 0.6 is 23.4 Å². The number of imidazole rings is 1. The van der Waals surface area contributed by atoms with E-state index in [0.717, 1.165) is 17.6 Å². The molecule has 1 aromatic carbocycles. The van der Waals surface area contributed by atoms with Gasteiger partial charge in [-0.15, -0.1) is 0 Å². The van der Waals surface area contributed by atoms with Gasteiger partial charge >= 0.3 is 5.97 Å². The van der Waals surface area contributed by atoms with Gasteiger partial charge in [-0.05, 0) is 17.5 Å². The van der Waals surface area contributed by atoms with E-state index in [2.05, 4.69) is 30.3 Å². The molecule has 0 fully saturated rings. The smallest absolute Gasteiger partial charge is 0.313 e.